The maximum atomic E-state index is 13.1. The Hall–Kier alpha value is -4.10. The number of fused-ring (bicyclic) bond motifs is 1. The van der Waals surface area contributed by atoms with Gasteiger partial charge in [-0.1, -0.05) is 32.8 Å². The molecule has 0 bridgehead atoms. The van der Waals surface area contributed by atoms with Crippen LogP contribution in [0.4, 0.5) is 4.79 Å². The summed E-state index contributed by atoms with van der Waals surface area (Å²) in [5.41, 5.74) is 5.17. The van der Waals surface area contributed by atoms with Gasteiger partial charge in [0.25, 0.3) is 5.91 Å². The lowest BCUT2D eigenvalue weighted by atomic mass is 9.86. The number of hydrogen-bond donors (Lipinski definition) is 3. The number of unbranched alkanes of at least 4 members (excludes halogenated alkanes) is 1. The molecule has 2 aromatic carbocycles. The molecule has 13 heteroatoms. The summed E-state index contributed by atoms with van der Waals surface area (Å²) in [7, 11) is 3.94. The predicted molar refractivity (Wildman–Crippen MR) is 188 cm³/mol. The van der Waals surface area contributed by atoms with Crippen molar-refractivity contribution in [1.29, 1.82) is 0 Å². The molecule has 0 saturated heterocycles. The smallest absolute Gasteiger partial charge is 0.317 e. The number of urea groups is 1. The lowest BCUT2D eigenvalue weighted by Crippen LogP contribution is -2.44. The van der Waals surface area contributed by atoms with E-state index in [9.17, 15) is 22.8 Å². The van der Waals surface area contributed by atoms with E-state index in [1.54, 1.807) is 26.3 Å². The molecular weight excluding hydrogens is 632 g/mol. The lowest BCUT2D eigenvalue weighted by molar-refractivity contribution is -0.121. The van der Waals surface area contributed by atoms with Gasteiger partial charge in [-0.2, -0.15) is 12.7 Å². The maximum Gasteiger partial charge on any atom is 0.317 e. The topological polar surface area (TPSA) is 142 Å². The van der Waals surface area contributed by atoms with Crippen LogP contribution in [0.1, 0.15) is 79.8 Å². The molecule has 1 aliphatic carbocycles. The van der Waals surface area contributed by atoms with Crippen molar-refractivity contribution in [1.82, 2.24) is 29.1 Å². The number of likely N-dealkylation sites (N-methyl/N-ethyl adjacent to an activating group) is 1. The minimum absolute atomic E-state index is 0.0106. The maximum absolute atomic E-state index is 13.1. The quantitative estimate of drug-likeness (QED) is 0.203. The number of rotatable bonds is 16. The first-order valence-electron chi connectivity index (χ1n) is 16.6. The molecule has 0 aliphatic heterocycles. The summed E-state index contributed by atoms with van der Waals surface area (Å²) >= 11 is 0. The Labute approximate surface area is 284 Å². The second-order valence-corrected chi connectivity index (χ2v) is 14.6. The number of aryl methyl sites for hydroxylation is 1. The number of methoxy groups -OCH3 is 1. The largest absolute Gasteiger partial charge is 0.497 e. The van der Waals surface area contributed by atoms with Crippen molar-refractivity contribution in [2.45, 2.75) is 70.8 Å². The Morgan fingerprint density at radius 1 is 1.06 bits per heavy atom. The third-order valence-electron chi connectivity index (χ3n) is 8.92. The predicted octanol–water partition coefficient (Wildman–Crippen LogP) is 4.54. The summed E-state index contributed by atoms with van der Waals surface area (Å²) in [6, 6.07) is 11.2. The monoisotopic (exact) mass is 682 g/mol. The summed E-state index contributed by atoms with van der Waals surface area (Å²) in [6.07, 6.45) is 6.50. The van der Waals surface area contributed by atoms with Gasteiger partial charge in [0.05, 0.1) is 12.8 Å². The average Bonchev–Trinajstić information content (AvgIpc) is 3.82. The van der Waals surface area contributed by atoms with E-state index in [2.05, 4.69) is 33.8 Å². The van der Waals surface area contributed by atoms with E-state index < -0.39 is 16.1 Å². The molecule has 262 valence electrons. The first kappa shape index (κ1) is 36.7. The van der Waals surface area contributed by atoms with Crippen molar-refractivity contribution in [3.05, 3.63) is 53.1 Å². The summed E-state index contributed by atoms with van der Waals surface area (Å²) in [6.45, 7) is 4.69. The molecule has 0 spiro atoms. The van der Waals surface area contributed by atoms with Crippen LogP contribution in [0.5, 0.6) is 5.75 Å². The van der Waals surface area contributed by atoms with Crippen LogP contribution in [-0.2, 0) is 28.5 Å². The standard InChI is InChI=1S/C35H50N6O6S/c1-8-10-11-23(9-2)32-29-16-12-25(34(43)38-48(45,46)39(3)4)21-30(29)41(6)33(32)28-17-15-27(47-7)20-24(28)18-19-36-35(44)40(5)22-31(42)37-26-13-14-26/h12,15-17,20-21,23,26H,8-11,13-14,18-19,22H2,1-7H3,(H,36,44)(H,37,42)(H,38,43). The summed E-state index contributed by atoms with van der Waals surface area (Å²) in [4.78, 5) is 39.5. The average molecular weight is 683 g/mol. The molecular formula is C35H50N6O6S. The first-order chi connectivity index (χ1) is 22.8. The van der Waals surface area contributed by atoms with Crippen LogP contribution in [0, 0.1) is 0 Å². The minimum atomic E-state index is -3.96. The molecule has 48 heavy (non-hydrogen) atoms. The number of carbonyl (C=O) groups is 3. The van der Waals surface area contributed by atoms with Crippen LogP contribution in [-0.4, -0.2) is 87.4 Å². The number of benzene rings is 2. The van der Waals surface area contributed by atoms with Gasteiger partial charge in [0.15, 0.2) is 0 Å². The molecule has 1 aromatic heterocycles. The van der Waals surface area contributed by atoms with Crippen molar-refractivity contribution < 1.29 is 27.5 Å². The number of nitrogens with one attached hydrogen (secondary N) is 3. The Morgan fingerprint density at radius 2 is 1.79 bits per heavy atom. The van der Waals surface area contributed by atoms with Crippen molar-refractivity contribution in [2.75, 3.05) is 41.3 Å². The van der Waals surface area contributed by atoms with E-state index in [0.29, 0.717) is 18.7 Å². The molecule has 1 aliphatic rings. The van der Waals surface area contributed by atoms with Gasteiger partial charge in [0, 0.05) is 62.8 Å². The highest BCUT2D eigenvalue weighted by Gasteiger charge is 2.27. The summed E-state index contributed by atoms with van der Waals surface area (Å²) in [5, 5.41) is 6.86. The number of aromatic nitrogens is 1. The van der Waals surface area contributed by atoms with Gasteiger partial charge in [-0.3, -0.25) is 9.59 Å². The van der Waals surface area contributed by atoms with Gasteiger partial charge in [-0.25, -0.2) is 9.52 Å². The molecule has 4 amide bonds. The highest BCUT2D eigenvalue weighted by Crippen LogP contribution is 2.43. The Balaban J connectivity index is 1.72. The molecule has 1 heterocycles. The van der Waals surface area contributed by atoms with Gasteiger partial charge < -0.3 is 24.8 Å². The molecule has 1 fully saturated rings. The van der Waals surface area contributed by atoms with Crippen molar-refractivity contribution in [2.24, 2.45) is 7.05 Å². The van der Waals surface area contributed by atoms with Crippen LogP contribution in [0.25, 0.3) is 22.2 Å². The fraction of sp³-hybridized carbons (Fsp3) is 0.514. The molecule has 4 rings (SSSR count). The van der Waals surface area contributed by atoms with E-state index in [-0.39, 0.29) is 36.0 Å². The van der Waals surface area contributed by atoms with E-state index in [4.69, 9.17) is 4.74 Å². The number of ether oxygens (including phenoxy) is 1. The number of carbonyl (C=O) groups excluding carboxylic acids is 3. The van der Waals surface area contributed by atoms with Gasteiger partial charge in [-0.15, -0.1) is 0 Å². The van der Waals surface area contributed by atoms with Crippen molar-refractivity contribution in [3.8, 4) is 17.0 Å². The fourth-order valence-electron chi connectivity index (χ4n) is 5.98. The van der Waals surface area contributed by atoms with Crippen LogP contribution in [0.3, 0.4) is 0 Å². The third kappa shape index (κ3) is 8.67. The van der Waals surface area contributed by atoms with Crippen molar-refractivity contribution in [3.63, 3.8) is 0 Å². The normalized spacial score (nSPS) is 13.8. The molecule has 0 radical (unpaired) electrons. The van der Waals surface area contributed by atoms with Gasteiger partial charge >= 0.3 is 16.2 Å². The molecule has 1 atom stereocenters. The minimum Gasteiger partial charge on any atom is -0.497 e. The lowest BCUT2D eigenvalue weighted by Gasteiger charge is -2.21. The molecule has 1 saturated carbocycles. The second kappa shape index (κ2) is 15.9. The van der Waals surface area contributed by atoms with E-state index in [1.165, 1.54) is 24.6 Å². The SMILES string of the molecule is CCCCC(CC)c1c(-c2ccc(OC)cc2CCNC(=O)N(C)CC(=O)NC2CC2)n(C)c2cc(C(=O)NS(=O)(=O)N(C)C)ccc12. The fourth-order valence-corrected chi connectivity index (χ4v) is 6.51. The molecule has 1 unspecified atom stereocenters. The molecule has 3 N–H and O–H groups in total. The van der Waals surface area contributed by atoms with Crippen LogP contribution in [0.15, 0.2) is 36.4 Å². The Bertz CT molecular complexity index is 1750. The number of hydrogen-bond acceptors (Lipinski definition) is 6. The van der Waals surface area contributed by atoms with E-state index in [1.807, 2.05) is 31.3 Å². The molecule has 12 nitrogen and oxygen atoms in total. The van der Waals surface area contributed by atoms with Crippen LogP contribution < -0.4 is 20.1 Å². The van der Waals surface area contributed by atoms with Crippen molar-refractivity contribution >= 4 is 39.0 Å². The van der Waals surface area contributed by atoms with E-state index in [0.717, 1.165) is 70.6 Å². The zero-order chi connectivity index (χ0) is 35.2. The zero-order valence-electron chi connectivity index (χ0n) is 29.2. The Kier molecular flexibility index (Phi) is 12.1. The first-order valence-corrected chi connectivity index (χ1v) is 18.1. The van der Waals surface area contributed by atoms with E-state index >= 15 is 0 Å². The van der Waals surface area contributed by atoms with Gasteiger partial charge in [-0.05, 0) is 79.5 Å². The highest BCUT2D eigenvalue weighted by molar-refractivity contribution is 7.87. The van der Waals surface area contributed by atoms with Crippen LogP contribution in [0.2, 0.25) is 0 Å². The van der Waals surface area contributed by atoms with Gasteiger partial charge in [0.1, 0.15) is 12.3 Å². The Morgan fingerprint density at radius 3 is 2.42 bits per heavy atom. The number of amides is 4. The third-order valence-corrected chi connectivity index (χ3v) is 10.3. The van der Waals surface area contributed by atoms with Gasteiger partial charge in [0.2, 0.25) is 5.91 Å². The highest BCUT2D eigenvalue weighted by atomic mass is 32.2. The zero-order valence-corrected chi connectivity index (χ0v) is 30.0. The van der Waals surface area contributed by atoms with Crippen LogP contribution >= 0.6 is 0 Å². The second-order valence-electron chi connectivity index (χ2n) is 12.7. The number of nitrogens with zero attached hydrogens (tertiary/aromatic N) is 3. The summed E-state index contributed by atoms with van der Waals surface area (Å²) < 4.78 is 35.5. The molecule has 3 aromatic rings. The summed E-state index contributed by atoms with van der Waals surface area (Å²) in [5.74, 6) is 0.0571.